The van der Waals surface area contributed by atoms with Crippen LogP contribution in [0.1, 0.15) is 47.1 Å². The van der Waals surface area contributed by atoms with Gasteiger partial charge in [0.05, 0.1) is 17.3 Å². The van der Waals surface area contributed by atoms with Crippen molar-refractivity contribution in [1.82, 2.24) is 5.32 Å². The quantitative estimate of drug-likeness (QED) is 0.105. The number of sulfone groups is 1. The fourth-order valence-electron chi connectivity index (χ4n) is 6.24. The van der Waals surface area contributed by atoms with E-state index in [2.05, 4.69) is 5.32 Å². The van der Waals surface area contributed by atoms with Gasteiger partial charge in [0.15, 0.2) is 21.5 Å². The van der Waals surface area contributed by atoms with E-state index in [0.717, 1.165) is 11.1 Å². The first-order chi connectivity index (χ1) is 25.2. The largest absolute Gasteiger partial charge is 0.494 e. The van der Waals surface area contributed by atoms with Crippen LogP contribution in [0.25, 0.3) is 0 Å². The van der Waals surface area contributed by atoms with Crippen molar-refractivity contribution in [3.05, 3.63) is 166 Å². The zero-order valence-electron chi connectivity index (χ0n) is 28.2. The van der Waals surface area contributed by atoms with E-state index >= 15 is 0 Å². The average molecular weight is 758 g/mol. The van der Waals surface area contributed by atoms with Crippen LogP contribution in [0.15, 0.2) is 143 Å². The molecule has 0 spiro atoms. The van der Waals surface area contributed by atoms with Gasteiger partial charge < -0.3 is 19.9 Å². The number of ether oxygens (including phenoxy) is 2. The van der Waals surface area contributed by atoms with E-state index in [1.54, 1.807) is 60.7 Å². The average Bonchev–Trinajstić information content (AvgIpc) is 3.56. The van der Waals surface area contributed by atoms with Gasteiger partial charge >= 0.3 is 0 Å². The summed E-state index contributed by atoms with van der Waals surface area (Å²) in [6.07, 6.45) is -0.835. The minimum absolute atomic E-state index is 0.0129. The Morgan fingerprint density at radius 3 is 2.08 bits per heavy atom. The van der Waals surface area contributed by atoms with Crippen molar-refractivity contribution >= 4 is 44.8 Å². The molecule has 5 aromatic carbocycles. The van der Waals surface area contributed by atoms with E-state index in [1.807, 2.05) is 60.7 Å². The van der Waals surface area contributed by atoms with E-state index < -0.39 is 33.1 Å². The number of benzene rings is 5. The molecule has 1 amide bonds. The molecule has 6 rings (SSSR count). The first-order valence-corrected chi connectivity index (χ1v) is 19.3. The molecule has 0 saturated carbocycles. The van der Waals surface area contributed by atoms with Crippen molar-refractivity contribution < 1.29 is 27.8 Å². The molecule has 0 bridgehead atoms. The monoisotopic (exact) mass is 756 g/mol. The Labute approximate surface area is 314 Å². The van der Waals surface area contributed by atoms with Gasteiger partial charge in [-0.15, -0.1) is 0 Å². The Hall–Kier alpha value is -4.67. The van der Waals surface area contributed by atoms with Crippen molar-refractivity contribution in [2.75, 3.05) is 25.5 Å². The lowest BCUT2D eigenvalue weighted by atomic mass is 9.84. The molecule has 2 N–H and O–H groups in total. The number of rotatable bonds is 15. The molecule has 2 atom stereocenters. The van der Waals surface area contributed by atoms with Crippen molar-refractivity contribution in [2.45, 2.75) is 35.3 Å². The summed E-state index contributed by atoms with van der Waals surface area (Å²) < 4.78 is 39.8. The lowest BCUT2D eigenvalue weighted by Gasteiger charge is -2.32. The van der Waals surface area contributed by atoms with Gasteiger partial charge in [-0.2, -0.15) is 0 Å². The number of aliphatic hydroxyl groups excluding tert-OH is 1. The number of amides is 1. The van der Waals surface area contributed by atoms with Gasteiger partial charge in [-0.05, 0) is 59.7 Å². The van der Waals surface area contributed by atoms with Crippen molar-refractivity contribution in [3.8, 4) is 5.75 Å². The smallest absolute Gasteiger partial charge is 0.252 e. The lowest BCUT2D eigenvalue weighted by molar-refractivity contribution is -0.129. The number of hydrogen-bond acceptors (Lipinski definition) is 7. The van der Waals surface area contributed by atoms with E-state index in [0.29, 0.717) is 34.9 Å². The minimum atomic E-state index is -3.85. The molecule has 268 valence electrons. The Bertz CT molecular complexity index is 2060. The fourth-order valence-corrected chi connectivity index (χ4v) is 8.14. The number of nitrogens with one attached hydrogen (secondary N) is 1. The molecule has 0 fully saturated rings. The standard InChI is InChI=1S/C41H38Cl2N2O6S/c42-32-19-22-35(37(43)27-32)38-41(23-26-52(48,49)34-15-8-3-9-16-34,45-39(51-38)31-17-20-33(21-18-31)50-25-10-24-46)40(47)44-28-36(29-11-4-1-5-12-29)30-13-6-2-7-14-30/h1-9,11-22,27,36,38,46H,10,23-26,28H2,(H,44,47)/t38-,41-/m1/s1. The molecule has 52 heavy (non-hydrogen) atoms. The summed E-state index contributed by atoms with van der Waals surface area (Å²) in [4.78, 5) is 20.1. The van der Waals surface area contributed by atoms with Gasteiger partial charge in [0.25, 0.3) is 5.91 Å². The molecule has 0 aromatic heterocycles. The SMILES string of the molecule is O=C(NCC(c1ccccc1)c1ccccc1)[C@]1(CCS(=O)(=O)c2ccccc2)N=C(c2ccc(OCCCO)cc2)O[C@@H]1c1ccc(Cl)cc1Cl. The highest BCUT2D eigenvalue weighted by atomic mass is 35.5. The summed E-state index contributed by atoms with van der Waals surface area (Å²) >= 11 is 13.1. The van der Waals surface area contributed by atoms with Crippen LogP contribution in [0.3, 0.4) is 0 Å². The summed E-state index contributed by atoms with van der Waals surface area (Å²) in [5.41, 5.74) is 1.23. The van der Waals surface area contributed by atoms with Crippen LogP contribution in [-0.4, -0.2) is 56.4 Å². The maximum Gasteiger partial charge on any atom is 0.252 e. The third kappa shape index (κ3) is 8.51. The molecular formula is C41H38Cl2N2O6S. The predicted octanol–water partition coefficient (Wildman–Crippen LogP) is 7.82. The van der Waals surface area contributed by atoms with Crippen LogP contribution in [-0.2, 0) is 19.4 Å². The van der Waals surface area contributed by atoms with E-state index in [4.69, 9.17) is 42.8 Å². The topological polar surface area (TPSA) is 114 Å². The highest BCUT2D eigenvalue weighted by molar-refractivity contribution is 7.91. The van der Waals surface area contributed by atoms with Gasteiger partial charge in [0.1, 0.15) is 5.75 Å². The first kappa shape index (κ1) is 37.1. The summed E-state index contributed by atoms with van der Waals surface area (Å²) in [6.45, 7) is 0.557. The van der Waals surface area contributed by atoms with Gasteiger partial charge in [-0.25, -0.2) is 13.4 Å². The molecule has 1 heterocycles. The van der Waals surface area contributed by atoms with Gasteiger partial charge in [-0.1, -0.05) is 108 Å². The van der Waals surface area contributed by atoms with Crippen LogP contribution in [0.5, 0.6) is 5.75 Å². The Kier molecular flexibility index (Phi) is 12.0. The molecule has 0 aliphatic carbocycles. The second-order valence-electron chi connectivity index (χ2n) is 12.4. The van der Waals surface area contributed by atoms with Gasteiger partial charge in [0.2, 0.25) is 5.90 Å². The van der Waals surface area contributed by atoms with Crippen LogP contribution in [0.2, 0.25) is 10.0 Å². The number of carbonyl (C=O) groups excluding carboxylic acids is 1. The van der Waals surface area contributed by atoms with E-state index in [9.17, 15) is 13.2 Å². The zero-order valence-corrected chi connectivity index (χ0v) is 30.5. The van der Waals surface area contributed by atoms with Crippen LogP contribution in [0, 0.1) is 0 Å². The normalized spacial score (nSPS) is 17.0. The lowest BCUT2D eigenvalue weighted by Crippen LogP contribution is -2.50. The molecule has 8 nitrogen and oxygen atoms in total. The second kappa shape index (κ2) is 16.8. The predicted molar refractivity (Wildman–Crippen MR) is 204 cm³/mol. The molecular weight excluding hydrogens is 719 g/mol. The molecule has 1 aliphatic heterocycles. The number of carbonyl (C=O) groups is 1. The third-order valence-electron chi connectivity index (χ3n) is 9.00. The summed E-state index contributed by atoms with van der Waals surface area (Å²) in [7, 11) is -3.85. The second-order valence-corrected chi connectivity index (χ2v) is 15.4. The van der Waals surface area contributed by atoms with Crippen LogP contribution in [0.4, 0.5) is 0 Å². The van der Waals surface area contributed by atoms with Crippen molar-refractivity contribution in [2.24, 2.45) is 4.99 Å². The Morgan fingerprint density at radius 2 is 1.48 bits per heavy atom. The maximum absolute atomic E-state index is 14.9. The molecule has 0 radical (unpaired) electrons. The molecule has 11 heteroatoms. The Morgan fingerprint density at radius 1 is 0.865 bits per heavy atom. The first-order valence-electron chi connectivity index (χ1n) is 16.9. The molecule has 5 aromatic rings. The number of aliphatic hydroxyl groups is 1. The van der Waals surface area contributed by atoms with E-state index in [1.165, 1.54) is 12.1 Å². The summed E-state index contributed by atoms with van der Waals surface area (Å²) in [5, 5.41) is 12.9. The highest BCUT2D eigenvalue weighted by Gasteiger charge is 2.54. The number of hydrogen-bond donors (Lipinski definition) is 2. The molecule has 1 aliphatic rings. The number of nitrogens with zero attached hydrogens (tertiary/aromatic N) is 1. The van der Waals surface area contributed by atoms with Gasteiger partial charge in [-0.3, -0.25) is 4.79 Å². The summed E-state index contributed by atoms with van der Waals surface area (Å²) in [5.74, 6) is -0.391. The van der Waals surface area contributed by atoms with Crippen LogP contribution >= 0.6 is 23.2 Å². The third-order valence-corrected chi connectivity index (χ3v) is 11.3. The number of aliphatic imine (C=N–C) groups is 1. The maximum atomic E-state index is 14.9. The van der Waals surface area contributed by atoms with E-state index in [-0.39, 0.29) is 41.3 Å². The van der Waals surface area contributed by atoms with Crippen molar-refractivity contribution in [3.63, 3.8) is 0 Å². The Balaban J connectivity index is 1.42. The van der Waals surface area contributed by atoms with Crippen molar-refractivity contribution in [1.29, 1.82) is 0 Å². The fraction of sp³-hybridized carbons (Fsp3) is 0.220. The summed E-state index contributed by atoms with van der Waals surface area (Å²) in [6, 6.07) is 39.7. The van der Waals surface area contributed by atoms with Crippen LogP contribution < -0.4 is 10.1 Å². The molecule has 0 saturated heterocycles. The number of halogens is 2. The van der Waals surface area contributed by atoms with Gasteiger partial charge in [0, 0.05) is 53.1 Å². The highest BCUT2D eigenvalue weighted by Crippen LogP contribution is 2.45. The minimum Gasteiger partial charge on any atom is -0.494 e. The molecule has 0 unspecified atom stereocenters. The zero-order chi connectivity index (χ0) is 36.6.